The molecule has 0 radical (unpaired) electrons. The van der Waals surface area contributed by atoms with E-state index in [1.54, 1.807) is 147 Å². The largest absolute Gasteiger partial charge is 0.496 e. The lowest BCUT2D eigenvalue weighted by Gasteiger charge is -2.08. The van der Waals surface area contributed by atoms with Gasteiger partial charge in [-0.3, -0.25) is 19.2 Å². The van der Waals surface area contributed by atoms with Gasteiger partial charge < -0.3 is 26.0 Å². The Labute approximate surface area is 523 Å². The molecule has 4 aromatic carbocycles. The Hall–Kier alpha value is -11.4. The van der Waals surface area contributed by atoms with Crippen LogP contribution < -0.4 is 26.0 Å². The molecule has 0 aliphatic rings. The minimum atomic E-state index is -0.327. The normalized spacial score (nSPS) is 10.4. The van der Waals surface area contributed by atoms with Gasteiger partial charge in [0.1, 0.15) is 5.75 Å². The van der Waals surface area contributed by atoms with Gasteiger partial charge in [-0.05, 0) is 110 Å². The average molecular weight is 1250 g/mol. The molecule has 0 aliphatic carbocycles. The number of hydrogen-bond donors (Lipinski definition) is 5. The summed E-state index contributed by atoms with van der Waals surface area (Å²) < 4.78 is 11.1. The van der Waals surface area contributed by atoms with Crippen molar-refractivity contribution in [3.8, 4) is 29.5 Å². The molecule has 8 heterocycles. The van der Waals surface area contributed by atoms with Crippen molar-refractivity contribution in [3.05, 3.63) is 257 Å². The van der Waals surface area contributed by atoms with Crippen LogP contribution in [-0.4, -0.2) is 110 Å². The van der Waals surface area contributed by atoms with Crippen LogP contribution in [0.5, 0.6) is 5.75 Å². The second kappa shape index (κ2) is 30.1. The maximum absolute atomic E-state index is 12.4. The van der Waals surface area contributed by atoms with Crippen LogP contribution in [0.1, 0.15) is 63.7 Å². The van der Waals surface area contributed by atoms with Crippen LogP contribution in [0.15, 0.2) is 202 Å². The zero-order valence-electron chi connectivity index (χ0n) is 47.7. The van der Waals surface area contributed by atoms with Gasteiger partial charge in [0.2, 0.25) is 23.8 Å². The molecule has 12 rings (SSSR count). The Morgan fingerprint density at radius 3 is 1.24 bits per heavy atom. The van der Waals surface area contributed by atoms with Crippen LogP contribution >= 0.6 is 35.8 Å². The zero-order valence-corrected chi connectivity index (χ0v) is 50.1. The number of hydrogen-bond acceptors (Lipinski definition) is 18. The van der Waals surface area contributed by atoms with E-state index < -0.39 is 0 Å². The summed E-state index contributed by atoms with van der Waals surface area (Å²) in [5, 5.41) is 28.5. The van der Waals surface area contributed by atoms with Gasteiger partial charge >= 0.3 is 0 Å². The standard InChI is InChI=1S/C16H15N5O.C15H12ClN5O2.C15H12ClN5OS.C15H13N5O/c1-11-5-3-6-14(12(11)2)15(22)20-13-9-19-21(10-13)16-17-7-4-8-18-16;1-23-13-7-10(16)3-4-12(13)14(22)20-11-8-19-21(9-11)15-17-5-2-6-18-15;16-13-3-2-10(9-23)6-12(13)14(22)20-11-7-19-21(8-11)15-17-4-1-5-18-15;1-11-5-2-3-6-13(11)14(21)19-12-9-18-20(10-12)15-16-7-4-8-17-15/h3-10H,1-2H3,(H,20,22);2-9H,1H3,(H,20,22);1-8,23H,9H2,(H,20,22);2-10H,1H3,(H,19,21). The van der Waals surface area contributed by atoms with Crippen molar-refractivity contribution in [1.29, 1.82) is 0 Å². The van der Waals surface area contributed by atoms with Crippen LogP contribution in [0.4, 0.5) is 22.7 Å². The molecule has 0 spiro atoms. The summed E-state index contributed by atoms with van der Waals surface area (Å²) >= 11 is 16.2. The molecule has 28 heteroatoms. The predicted octanol–water partition coefficient (Wildman–Crippen LogP) is 10.3. The molecule has 4 N–H and O–H groups in total. The molecule has 0 atom stereocenters. The van der Waals surface area contributed by atoms with E-state index in [4.69, 9.17) is 27.9 Å². The summed E-state index contributed by atoms with van der Waals surface area (Å²) in [6, 6.07) is 30.0. The lowest BCUT2D eigenvalue weighted by molar-refractivity contribution is 0.101. The molecule has 89 heavy (non-hydrogen) atoms. The number of halogens is 2. The van der Waals surface area contributed by atoms with Gasteiger partial charge in [-0.25, -0.2) is 58.6 Å². The average Bonchev–Trinajstić information content (AvgIpc) is 3.08. The third-order valence-electron chi connectivity index (χ3n) is 12.5. The predicted molar refractivity (Wildman–Crippen MR) is 338 cm³/mol. The first-order chi connectivity index (χ1) is 43.2. The minimum Gasteiger partial charge on any atom is -0.496 e. The summed E-state index contributed by atoms with van der Waals surface area (Å²) in [7, 11) is 1.48. The highest BCUT2D eigenvalue weighted by molar-refractivity contribution is 7.79. The van der Waals surface area contributed by atoms with Crippen LogP contribution in [0.25, 0.3) is 23.8 Å². The highest BCUT2D eigenvalue weighted by atomic mass is 35.5. The van der Waals surface area contributed by atoms with Crippen molar-refractivity contribution in [1.82, 2.24) is 79.0 Å². The number of carbonyl (C=O) groups excluding carboxylic acids is 4. The Morgan fingerprint density at radius 1 is 0.438 bits per heavy atom. The van der Waals surface area contributed by atoms with Gasteiger partial charge in [-0.1, -0.05) is 59.6 Å². The maximum Gasteiger partial charge on any atom is 0.259 e. The SMILES string of the molecule is COc1cc(Cl)ccc1C(=O)Nc1cnn(-c2ncccn2)c1.Cc1cccc(C(=O)Nc2cnn(-c3ncccn3)c2)c1C.Cc1ccccc1C(=O)Nc1cnn(-c2ncccn2)c1.O=C(Nc1cnn(-c2ncccn2)c1)c1cc(CS)ccc1Cl. The molecular formula is C61H52Cl2N20O5S. The summed E-state index contributed by atoms with van der Waals surface area (Å²) in [4.78, 5) is 82.0. The number of methoxy groups -OCH3 is 1. The first-order valence-electron chi connectivity index (χ1n) is 26.6. The smallest absolute Gasteiger partial charge is 0.259 e. The number of carbonyl (C=O) groups is 4. The maximum atomic E-state index is 12.4. The molecule has 25 nitrogen and oxygen atoms in total. The fraction of sp³-hybridized carbons (Fsp3) is 0.0820. The number of aryl methyl sites for hydroxylation is 2. The minimum absolute atomic E-state index is 0.158. The van der Waals surface area contributed by atoms with Crippen LogP contribution in [0.2, 0.25) is 10.0 Å². The second-order valence-corrected chi connectivity index (χ2v) is 19.7. The highest BCUT2D eigenvalue weighted by Crippen LogP contribution is 2.25. The number of rotatable bonds is 14. The highest BCUT2D eigenvalue weighted by Gasteiger charge is 2.17. The van der Waals surface area contributed by atoms with Crippen LogP contribution in [-0.2, 0) is 5.75 Å². The summed E-state index contributed by atoms with van der Waals surface area (Å²) in [6.45, 7) is 5.82. The summed E-state index contributed by atoms with van der Waals surface area (Å²) in [5.41, 5.74) is 8.18. The molecule has 0 fully saturated rings. The van der Waals surface area contributed by atoms with Crippen molar-refractivity contribution >= 4 is 82.2 Å². The van der Waals surface area contributed by atoms with Crippen molar-refractivity contribution in [2.24, 2.45) is 0 Å². The van der Waals surface area contributed by atoms with E-state index in [0.29, 0.717) is 90.3 Å². The van der Waals surface area contributed by atoms with Gasteiger partial charge in [-0.2, -0.15) is 33.0 Å². The topological polar surface area (TPSA) is 300 Å². The molecule has 0 saturated carbocycles. The monoisotopic (exact) mass is 1250 g/mol. The lowest BCUT2D eigenvalue weighted by atomic mass is 10.0. The number of aromatic nitrogens is 16. The number of ether oxygens (including phenoxy) is 1. The first kappa shape index (κ1) is 62.2. The van der Waals surface area contributed by atoms with Gasteiger partial charge in [0.15, 0.2) is 0 Å². The number of thiol groups is 1. The first-order valence-corrected chi connectivity index (χ1v) is 28.0. The zero-order chi connectivity index (χ0) is 62.7. The third-order valence-corrected chi connectivity index (χ3v) is 13.4. The van der Waals surface area contributed by atoms with Crippen molar-refractivity contribution in [2.45, 2.75) is 26.5 Å². The Bertz CT molecular complexity index is 4360. The van der Waals surface area contributed by atoms with E-state index in [9.17, 15) is 19.2 Å². The number of benzene rings is 4. The number of nitrogens with one attached hydrogen (secondary N) is 4. The van der Waals surface area contributed by atoms with Gasteiger partial charge in [-0.15, -0.1) is 0 Å². The van der Waals surface area contributed by atoms with Crippen LogP contribution in [0.3, 0.4) is 0 Å². The van der Waals surface area contributed by atoms with Crippen molar-refractivity contribution in [2.75, 3.05) is 28.4 Å². The van der Waals surface area contributed by atoms with E-state index in [2.05, 4.69) is 94.2 Å². The van der Waals surface area contributed by atoms with E-state index in [-0.39, 0.29) is 23.6 Å². The summed E-state index contributed by atoms with van der Waals surface area (Å²) in [6.07, 6.45) is 25.8. The quantitative estimate of drug-likeness (QED) is 0.0632. The molecule has 8 aromatic heterocycles. The molecule has 0 bridgehead atoms. The van der Waals surface area contributed by atoms with Crippen LogP contribution in [0, 0.1) is 20.8 Å². The van der Waals surface area contributed by atoms with E-state index in [1.807, 2.05) is 63.2 Å². The van der Waals surface area contributed by atoms with Gasteiger partial charge in [0, 0.05) is 71.5 Å². The molecule has 0 aliphatic heterocycles. The number of anilines is 4. The summed E-state index contributed by atoms with van der Waals surface area (Å²) in [5.74, 6) is 1.70. The van der Waals surface area contributed by atoms with Gasteiger partial charge in [0.25, 0.3) is 23.6 Å². The van der Waals surface area contributed by atoms with Gasteiger partial charge in [0.05, 0.1) is 95.6 Å². The van der Waals surface area contributed by atoms with Crippen molar-refractivity contribution in [3.63, 3.8) is 0 Å². The molecule has 12 aromatic rings. The third kappa shape index (κ3) is 16.8. The number of amides is 4. The molecule has 4 amide bonds. The molecular weight excluding hydrogens is 1200 g/mol. The molecule has 0 unspecified atom stereocenters. The Kier molecular flexibility index (Phi) is 21.1. The lowest BCUT2D eigenvalue weighted by Crippen LogP contribution is -2.13. The fourth-order valence-corrected chi connectivity index (χ4v) is 8.50. The second-order valence-electron chi connectivity index (χ2n) is 18.6. The fourth-order valence-electron chi connectivity index (χ4n) is 7.94. The van der Waals surface area contributed by atoms with E-state index >= 15 is 0 Å². The number of nitrogens with zero attached hydrogens (tertiary/aromatic N) is 16. The Balaban J connectivity index is 0.000000141. The molecule has 446 valence electrons. The Morgan fingerprint density at radius 2 is 0.820 bits per heavy atom. The van der Waals surface area contributed by atoms with E-state index in [1.165, 1.54) is 38.2 Å². The molecule has 0 saturated heterocycles. The van der Waals surface area contributed by atoms with E-state index in [0.717, 1.165) is 22.3 Å². The van der Waals surface area contributed by atoms with Crippen molar-refractivity contribution < 1.29 is 23.9 Å².